The molecule has 6 heteroatoms. The minimum Gasteiger partial charge on any atom is -0.379 e. The molecule has 0 saturated carbocycles. The van der Waals surface area contributed by atoms with Crippen LogP contribution in [0.5, 0.6) is 0 Å². The van der Waals surface area contributed by atoms with Gasteiger partial charge in [-0.3, -0.25) is 4.79 Å². The fourth-order valence-corrected chi connectivity index (χ4v) is 2.38. The number of rotatable bonds is 4. The van der Waals surface area contributed by atoms with E-state index in [9.17, 15) is 4.79 Å². The average Bonchev–Trinajstić information content (AvgIpc) is 2.91. The Bertz CT molecular complexity index is 382. The molecule has 1 aromatic heterocycles. The zero-order valence-electron chi connectivity index (χ0n) is 9.81. The van der Waals surface area contributed by atoms with E-state index in [0.29, 0.717) is 19.8 Å². The summed E-state index contributed by atoms with van der Waals surface area (Å²) in [6, 6.07) is -0.221. The molecule has 1 fully saturated rings. The molecule has 0 aliphatic carbocycles. The second-order valence-electron chi connectivity index (χ2n) is 4.52. The second kappa shape index (κ2) is 5.12. The molecule has 1 amide bonds. The van der Waals surface area contributed by atoms with Crippen LogP contribution in [-0.4, -0.2) is 36.7 Å². The largest absolute Gasteiger partial charge is 0.379 e. The predicted molar refractivity (Wildman–Crippen MR) is 65.7 cm³/mol. The van der Waals surface area contributed by atoms with E-state index in [4.69, 9.17) is 10.5 Å². The number of nitrogens with zero attached hydrogens (tertiary/aromatic N) is 1. The summed E-state index contributed by atoms with van der Waals surface area (Å²) in [6.45, 7) is 3.29. The van der Waals surface area contributed by atoms with Crippen molar-refractivity contribution >= 4 is 17.2 Å². The molecule has 0 spiro atoms. The van der Waals surface area contributed by atoms with Crippen molar-refractivity contribution in [2.75, 3.05) is 19.8 Å². The Labute approximate surface area is 104 Å². The molecule has 0 aromatic carbocycles. The Morgan fingerprint density at radius 3 is 3.24 bits per heavy atom. The monoisotopic (exact) mass is 255 g/mol. The number of carbonyl (C=O) groups excluding carboxylic acids is 1. The fourth-order valence-electron chi connectivity index (χ4n) is 1.79. The predicted octanol–water partition coefficient (Wildman–Crippen LogP) is 0.166. The zero-order chi connectivity index (χ0) is 12.3. The van der Waals surface area contributed by atoms with Gasteiger partial charge in [-0.1, -0.05) is 0 Å². The summed E-state index contributed by atoms with van der Waals surface area (Å²) in [5.74, 6) is -0.0299. The first kappa shape index (κ1) is 12.5. The van der Waals surface area contributed by atoms with Gasteiger partial charge in [0.25, 0.3) is 0 Å². The van der Waals surface area contributed by atoms with Crippen molar-refractivity contribution in [3.8, 4) is 0 Å². The number of nitrogens with two attached hydrogens (primary N) is 1. The van der Waals surface area contributed by atoms with Crippen LogP contribution in [0, 0.1) is 5.41 Å². The van der Waals surface area contributed by atoms with Gasteiger partial charge in [0, 0.05) is 24.4 Å². The summed E-state index contributed by atoms with van der Waals surface area (Å²) in [7, 11) is 0. The Morgan fingerprint density at radius 2 is 2.65 bits per heavy atom. The van der Waals surface area contributed by atoms with Gasteiger partial charge in [0.05, 0.1) is 29.8 Å². The summed E-state index contributed by atoms with van der Waals surface area (Å²) >= 11 is 1.56. The Kier molecular flexibility index (Phi) is 3.76. The van der Waals surface area contributed by atoms with E-state index in [0.717, 1.165) is 12.1 Å². The summed E-state index contributed by atoms with van der Waals surface area (Å²) in [5.41, 5.74) is 8.09. The number of carbonyl (C=O) groups is 1. The molecule has 0 radical (unpaired) electrons. The van der Waals surface area contributed by atoms with E-state index in [1.165, 1.54) is 0 Å². The number of ether oxygens (including phenoxy) is 1. The Morgan fingerprint density at radius 1 is 1.82 bits per heavy atom. The van der Waals surface area contributed by atoms with Gasteiger partial charge in [-0.25, -0.2) is 4.98 Å². The molecule has 2 atom stereocenters. The number of aromatic nitrogens is 1. The molecule has 3 N–H and O–H groups in total. The van der Waals surface area contributed by atoms with Crippen molar-refractivity contribution in [3.05, 3.63) is 16.6 Å². The fraction of sp³-hybridized carbons (Fsp3) is 0.636. The van der Waals surface area contributed by atoms with Crippen LogP contribution in [0.1, 0.15) is 12.6 Å². The van der Waals surface area contributed by atoms with Crippen LogP contribution in [0.2, 0.25) is 0 Å². The maximum Gasteiger partial charge on any atom is 0.229 e. The van der Waals surface area contributed by atoms with Gasteiger partial charge in [-0.15, -0.1) is 11.3 Å². The summed E-state index contributed by atoms with van der Waals surface area (Å²) in [5, 5.41) is 4.88. The summed E-state index contributed by atoms with van der Waals surface area (Å²) < 4.78 is 5.25. The lowest BCUT2D eigenvalue weighted by Gasteiger charge is -2.25. The molecule has 94 valence electrons. The smallest absolute Gasteiger partial charge is 0.229 e. The van der Waals surface area contributed by atoms with Crippen LogP contribution in [0.25, 0.3) is 0 Å². The van der Waals surface area contributed by atoms with Crippen LogP contribution in [-0.2, 0) is 16.0 Å². The van der Waals surface area contributed by atoms with E-state index < -0.39 is 5.41 Å². The first-order valence-corrected chi connectivity index (χ1v) is 6.56. The quantitative estimate of drug-likeness (QED) is 0.804. The number of amides is 1. The highest BCUT2D eigenvalue weighted by atomic mass is 32.1. The molecule has 1 saturated heterocycles. The molecule has 2 unspecified atom stereocenters. The van der Waals surface area contributed by atoms with Gasteiger partial charge in [-0.2, -0.15) is 0 Å². The van der Waals surface area contributed by atoms with E-state index in [1.807, 2.05) is 12.3 Å². The lowest BCUT2D eigenvalue weighted by Crippen LogP contribution is -2.50. The highest BCUT2D eigenvalue weighted by Crippen LogP contribution is 2.26. The average molecular weight is 255 g/mol. The Hall–Kier alpha value is -0.980. The SMILES string of the molecule is CC1(C(=O)NCCc2cscn2)COCC1N. The molecule has 1 aliphatic rings. The molecule has 1 aliphatic heterocycles. The van der Waals surface area contributed by atoms with Gasteiger partial charge in [0.2, 0.25) is 5.91 Å². The molecule has 17 heavy (non-hydrogen) atoms. The number of nitrogens with one attached hydrogen (secondary N) is 1. The van der Waals surface area contributed by atoms with E-state index in [1.54, 1.807) is 16.8 Å². The standard InChI is InChI=1S/C11H17N3O2S/c1-11(6-16-4-9(11)12)10(15)13-3-2-8-5-17-7-14-8/h5,7,9H,2-4,6,12H2,1H3,(H,13,15). The summed E-state index contributed by atoms with van der Waals surface area (Å²) in [6.07, 6.45) is 0.751. The third kappa shape index (κ3) is 2.65. The van der Waals surface area contributed by atoms with Crippen molar-refractivity contribution < 1.29 is 9.53 Å². The molecular weight excluding hydrogens is 238 g/mol. The van der Waals surface area contributed by atoms with E-state index in [2.05, 4.69) is 10.3 Å². The van der Waals surface area contributed by atoms with Gasteiger partial charge in [0.15, 0.2) is 0 Å². The van der Waals surface area contributed by atoms with Crippen molar-refractivity contribution in [3.63, 3.8) is 0 Å². The minimum atomic E-state index is -0.595. The van der Waals surface area contributed by atoms with Crippen molar-refractivity contribution in [1.29, 1.82) is 0 Å². The van der Waals surface area contributed by atoms with Crippen molar-refractivity contribution in [1.82, 2.24) is 10.3 Å². The first-order valence-electron chi connectivity index (χ1n) is 5.61. The molecule has 1 aromatic rings. The zero-order valence-corrected chi connectivity index (χ0v) is 10.6. The highest BCUT2D eigenvalue weighted by molar-refractivity contribution is 7.07. The molecule has 5 nitrogen and oxygen atoms in total. The third-order valence-electron chi connectivity index (χ3n) is 3.19. The van der Waals surface area contributed by atoms with Crippen LogP contribution in [0.15, 0.2) is 10.9 Å². The van der Waals surface area contributed by atoms with E-state index in [-0.39, 0.29) is 11.9 Å². The van der Waals surface area contributed by atoms with Crippen LogP contribution in [0.4, 0.5) is 0 Å². The first-order chi connectivity index (χ1) is 8.13. The highest BCUT2D eigenvalue weighted by Gasteiger charge is 2.44. The van der Waals surface area contributed by atoms with Crippen LogP contribution < -0.4 is 11.1 Å². The topological polar surface area (TPSA) is 77.2 Å². The maximum absolute atomic E-state index is 12.0. The van der Waals surface area contributed by atoms with Crippen molar-refractivity contribution in [2.45, 2.75) is 19.4 Å². The number of hydrogen-bond donors (Lipinski definition) is 2. The normalized spacial score (nSPS) is 28.2. The van der Waals surface area contributed by atoms with Crippen LogP contribution in [0.3, 0.4) is 0 Å². The lowest BCUT2D eigenvalue weighted by molar-refractivity contribution is -0.130. The molecule has 0 bridgehead atoms. The van der Waals surface area contributed by atoms with Gasteiger partial charge < -0.3 is 15.8 Å². The minimum absolute atomic E-state index is 0.0299. The lowest BCUT2D eigenvalue weighted by atomic mass is 9.85. The van der Waals surface area contributed by atoms with Gasteiger partial charge in [0.1, 0.15) is 0 Å². The molecule has 2 heterocycles. The van der Waals surface area contributed by atoms with E-state index >= 15 is 0 Å². The van der Waals surface area contributed by atoms with Crippen LogP contribution >= 0.6 is 11.3 Å². The molecule has 2 rings (SSSR count). The second-order valence-corrected chi connectivity index (χ2v) is 5.24. The number of thiazole rings is 1. The van der Waals surface area contributed by atoms with Gasteiger partial charge >= 0.3 is 0 Å². The Balaban J connectivity index is 1.81. The van der Waals surface area contributed by atoms with Gasteiger partial charge in [-0.05, 0) is 6.92 Å². The number of hydrogen-bond acceptors (Lipinski definition) is 5. The third-order valence-corrected chi connectivity index (χ3v) is 3.82. The molecular formula is C11H17N3O2S. The van der Waals surface area contributed by atoms with Crippen molar-refractivity contribution in [2.24, 2.45) is 11.1 Å². The summed E-state index contributed by atoms with van der Waals surface area (Å²) in [4.78, 5) is 16.2. The maximum atomic E-state index is 12.0.